The molecule has 0 saturated carbocycles. The van der Waals surface area contributed by atoms with Crippen LogP contribution in [0.1, 0.15) is 40.4 Å². The van der Waals surface area contributed by atoms with Gasteiger partial charge < -0.3 is 26.2 Å². The maximum absolute atomic E-state index is 14.0. The fourth-order valence-electron chi connectivity index (χ4n) is 5.71. The van der Waals surface area contributed by atoms with Gasteiger partial charge in [-0.05, 0) is 53.4 Å². The van der Waals surface area contributed by atoms with Gasteiger partial charge in [-0.15, -0.1) is 0 Å². The molecule has 3 heterocycles. The van der Waals surface area contributed by atoms with E-state index in [1.54, 1.807) is 18.2 Å². The average molecular weight is 574 g/mol. The van der Waals surface area contributed by atoms with E-state index in [-0.39, 0.29) is 35.2 Å². The summed E-state index contributed by atoms with van der Waals surface area (Å²) in [5.41, 5.74) is 1.16. The predicted molar refractivity (Wildman–Crippen MR) is 127 cm³/mol. The lowest BCUT2D eigenvalue weighted by Gasteiger charge is -2.51. The standard InChI is InChI=1S/C29H27F3NO3.BrH/c30-23-7-1-4-20(14-23)27(34)18-33-12-10-19(11-13-33)26(17-33)29(35)36-28(21-5-2-8-24(31)15-21)22-6-3-9-25(32)16-22;/h1-9,14-16,19,26,28H,10-13,17-18H2;1H/q+1;/p-1. The summed E-state index contributed by atoms with van der Waals surface area (Å²) in [5, 5.41) is 0. The van der Waals surface area contributed by atoms with Crippen LogP contribution in [-0.4, -0.2) is 42.4 Å². The molecule has 0 amide bonds. The summed E-state index contributed by atoms with van der Waals surface area (Å²) in [5.74, 6) is -2.31. The van der Waals surface area contributed by atoms with Crippen molar-refractivity contribution in [2.24, 2.45) is 11.8 Å². The topological polar surface area (TPSA) is 43.4 Å². The number of rotatable bonds is 7. The molecule has 3 aromatic rings. The molecular formula is C29H27BrF3NO3. The van der Waals surface area contributed by atoms with Gasteiger partial charge in [-0.3, -0.25) is 9.59 Å². The van der Waals surface area contributed by atoms with Crippen LogP contribution in [0, 0.1) is 29.3 Å². The van der Waals surface area contributed by atoms with E-state index in [0.29, 0.717) is 27.7 Å². The van der Waals surface area contributed by atoms with E-state index in [0.717, 1.165) is 25.9 Å². The number of hydrogen-bond acceptors (Lipinski definition) is 3. The molecule has 2 bridgehead atoms. The second-order valence-corrected chi connectivity index (χ2v) is 9.93. The number of Topliss-reactive ketones (excluding diaryl/α,β-unsaturated/α-hetero) is 1. The predicted octanol–water partition coefficient (Wildman–Crippen LogP) is 2.48. The smallest absolute Gasteiger partial charge is 0.315 e. The number of piperidine rings is 3. The highest BCUT2D eigenvalue weighted by atomic mass is 79.9. The number of nitrogens with zero attached hydrogens (tertiary/aromatic N) is 1. The highest BCUT2D eigenvalue weighted by Gasteiger charge is 2.50. The van der Waals surface area contributed by atoms with Gasteiger partial charge in [-0.2, -0.15) is 0 Å². The van der Waals surface area contributed by atoms with Crippen molar-refractivity contribution >= 4 is 11.8 Å². The van der Waals surface area contributed by atoms with Gasteiger partial charge in [0.05, 0.1) is 19.6 Å². The highest BCUT2D eigenvalue weighted by Crippen LogP contribution is 2.40. The number of halogens is 4. The molecule has 3 aromatic carbocycles. The van der Waals surface area contributed by atoms with Crippen LogP contribution in [0.5, 0.6) is 0 Å². The van der Waals surface area contributed by atoms with Gasteiger partial charge in [-0.1, -0.05) is 36.4 Å². The van der Waals surface area contributed by atoms with Gasteiger partial charge in [0.15, 0.2) is 6.10 Å². The quantitative estimate of drug-likeness (QED) is 0.248. The number of ketones is 1. The Morgan fingerprint density at radius 2 is 1.38 bits per heavy atom. The Morgan fingerprint density at radius 3 is 1.92 bits per heavy atom. The second kappa shape index (κ2) is 11.2. The van der Waals surface area contributed by atoms with Crippen molar-refractivity contribution in [3.8, 4) is 0 Å². The Bertz CT molecular complexity index is 1250. The number of benzene rings is 3. The van der Waals surface area contributed by atoms with Crippen molar-refractivity contribution in [3.05, 3.63) is 107 Å². The van der Waals surface area contributed by atoms with Crippen LogP contribution in [0.4, 0.5) is 13.2 Å². The van der Waals surface area contributed by atoms with Crippen molar-refractivity contribution in [1.82, 2.24) is 0 Å². The highest BCUT2D eigenvalue weighted by molar-refractivity contribution is 5.97. The lowest BCUT2D eigenvalue weighted by atomic mass is 9.76. The zero-order valence-corrected chi connectivity index (χ0v) is 21.7. The summed E-state index contributed by atoms with van der Waals surface area (Å²) in [6.07, 6.45) is 0.600. The summed E-state index contributed by atoms with van der Waals surface area (Å²) in [6.45, 7) is 2.18. The number of ether oxygens (including phenoxy) is 1. The first-order chi connectivity index (χ1) is 17.3. The van der Waals surface area contributed by atoms with Gasteiger partial charge in [0.25, 0.3) is 0 Å². The van der Waals surface area contributed by atoms with E-state index in [4.69, 9.17) is 4.74 Å². The van der Waals surface area contributed by atoms with Gasteiger partial charge in [0.2, 0.25) is 5.78 Å². The van der Waals surface area contributed by atoms with Crippen molar-refractivity contribution in [1.29, 1.82) is 0 Å². The van der Waals surface area contributed by atoms with E-state index >= 15 is 0 Å². The Kier molecular flexibility index (Phi) is 8.19. The molecule has 3 fully saturated rings. The number of esters is 1. The monoisotopic (exact) mass is 573 g/mol. The molecule has 4 nitrogen and oxygen atoms in total. The van der Waals surface area contributed by atoms with Gasteiger partial charge in [0, 0.05) is 18.4 Å². The Hall–Kier alpha value is -2.97. The molecule has 0 aliphatic carbocycles. The SMILES string of the molecule is O=C(C[N+]12CCC(CC1)C(C(=O)OC(c1cccc(F)c1)c1cccc(F)c1)C2)c1cccc(F)c1.[Br-]. The number of hydrogen-bond donors (Lipinski definition) is 0. The molecule has 0 aromatic heterocycles. The van der Waals surface area contributed by atoms with Crippen LogP contribution in [0.2, 0.25) is 0 Å². The third kappa shape index (κ3) is 5.96. The van der Waals surface area contributed by atoms with Gasteiger partial charge >= 0.3 is 5.97 Å². The summed E-state index contributed by atoms with van der Waals surface area (Å²) in [6, 6.07) is 17.2. The lowest BCUT2D eigenvalue weighted by molar-refractivity contribution is -0.938. The van der Waals surface area contributed by atoms with Gasteiger partial charge in [-0.25, -0.2) is 13.2 Å². The Labute approximate surface area is 224 Å². The van der Waals surface area contributed by atoms with Crippen molar-refractivity contribution in [2.45, 2.75) is 18.9 Å². The maximum Gasteiger partial charge on any atom is 0.315 e. The van der Waals surface area contributed by atoms with Crippen LogP contribution < -0.4 is 17.0 Å². The molecule has 1 unspecified atom stereocenters. The van der Waals surface area contributed by atoms with E-state index < -0.39 is 35.4 Å². The molecule has 3 aliphatic rings. The minimum atomic E-state index is -0.957. The number of carbonyl (C=O) groups is 2. The first-order valence-corrected chi connectivity index (χ1v) is 12.2. The van der Waals surface area contributed by atoms with Crippen LogP contribution in [0.25, 0.3) is 0 Å². The normalized spacial score (nSPS) is 22.4. The third-order valence-electron chi connectivity index (χ3n) is 7.57. The van der Waals surface area contributed by atoms with Crippen LogP contribution in [0.3, 0.4) is 0 Å². The number of carbonyl (C=O) groups excluding carboxylic acids is 2. The molecule has 0 spiro atoms. The van der Waals surface area contributed by atoms with Crippen LogP contribution >= 0.6 is 0 Å². The summed E-state index contributed by atoms with van der Waals surface area (Å²) >= 11 is 0. The fraction of sp³-hybridized carbons (Fsp3) is 0.310. The zero-order chi connectivity index (χ0) is 25.3. The molecule has 194 valence electrons. The van der Waals surface area contributed by atoms with E-state index in [9.17, 15) is 22.8 Å². The number of quaternary nitrogens is 1. The fourth-order valence-corrected chi connectivity index (χ4v) is 5.71. The molecule has 0 radical (unpaired) electrons. The lowest BCUT2D eigenvalue weighted by Crippen LogP contribution is -3.00. The third-order valence-corrected chi connectivity index (χ3v) is 7.57. The molecule has 0 N–H and O–H groups in total. The molecule has 3 saturated heterocycles. The summed E-state index contributed by atoms with van der Waals surface area (Å²) in [7, 11) is 0. The van der Waals surface area contributed by atoms with E-state index in [1.165, 1.54) is 54.6 Å². The first-order valence-electron chi connectivity index (χ1n) is 12.2. The summed E-state index contributed by atoms with van der Waals surface area (Å²) in [4.78, 5) is 26.5. The minimum Gasteiger partial charge on any atom is -1.00 e. The Balaban J connectivity index is 0.00000320. The van der Waals surface area contributed by atoms with E-state index in [1.807, 2.05) is 0 Å². The van der Waals surface area contributed by atoms with Gasteiger partial charge in [0.1, 0.15) is 29.9 Å². The molecule has 6 rings (SSSR count). The van der Waals surface area contributed by atoms with Crippen LogP contribution in [0.15, 0.2) is 72.8 Å². The van der Waals surface area contributed by atoms with Crippen LogP contribution in [-0.2, 0) is 9.53 Å². The molecular weight excluding hydrogens is 547 g/mol. The minimum absolute atomic E-state index is 0. The molecule has 37 heavy (non-hydrogen) atoms. The summed E-state index contributed by atoms with van der Waals surface area (Å²) < 4.78 is 48.1. The van der Waals surface area contributed by atoms with E-state index in [2.05, 4.69) is 0 Å². The zero-order valence-electron chi connectivity index (χ0n) is 20.1. The first kappa shape index (κ1) is 27.1. The van der Waals surface area contributed by atoms with Crippen molar-refractivity contribution in [2.75, 3.05) is 26.2 Å². The Morgan fingerprint density at radius 1 is 0.838 bits per heavy atom. The molecule has 3 aliphatic heterocycles. The van der Waals surface area contributed by atoms with Crippen molar-refractivity contribution < 1.29 is 49.0 Å². The maximum atomic E-state index is 14.0. The second-order valence-electron chi connectivity index (χ2n) is 9.93. The average Bonchev–Trinajstić information content (AvgIpc) is 2.87. The molecule has 1 atom stereocenters. The largest absolute Gasteiger partial charge is 1.00 e. The van der Waals surface area contributed by atoms with Crippen molar-refractivity contribution in [3.63, 3.8) is 0 Å². The molecule has 8 heteroatoms. The number of fused-ring (bicyclic) bond motifs is 3.